The van der Waals surface area contributed by atoms with Crippen LogP contribution in [0.5, 0.6) is 0 Å². The normalized spacial score (nSPS) is 11.1. The summed E-state index contributed by atoms with van der Waals surface area (Å²) in [5.41, 5.74) is 10.6. The Balaban J connectivity index is 2.74. The van der Waals surface area contributed by atoms with Crippen LogP contribution in [-0.4, -0.2) is 15.7 Å². The molecule has 0 aliphatic heterocycles. The number of nitriles is 1. The van der Waals surface area contributed by atoms with Crippen molar-refractivity contribution in [1.82, 2.24) is 9.78 Å². The molecule has 0 bridgehead atoms. The highest BCUT2D eigenvalue weighted by Crippen LogP contribution is 2.20. The van der Waals surface area contributed by atoms with E-state index < -0.39 is 11.3 Å². The molecular weight excluding hydrogens is 206 g/mol. The summed E-state index contributed by atoms with van der Waals surface area (Å²) < 4.78 is 1.54. The van der Waals surface area contributed by atoms with Crippen LogP contribution in [0.2, 0.25) is 0 Å². The average molecular weight is 221 g/mol. The van der Waals surface area contributed by atoms with Crippen LogP contribution in [0.15, 0.2) is 6.20 Å². The minimum absolute atomic E-state index is 0.0785. The lowest BCUT2D eigenvalue weighted by molar-refractivity contribution is 0.0995. The van der Waals surface area contributed by atoms with Gasteiger partial charge in [-0.2, -0.15) is 10.4 Å². The van der Waals surface area contributed by atoms with Crippen molar-refractivity contribution >= 4 is 11.6 Å². The Hall–Kier alpha value is -2.03. The number of hydrogen-bond acceptors (Lipinski definition) is 4. The van der Waals surface area contributed by atoms with Crippen LogP contribution < -0.4 is 11.5 Å². The molecule has 0 unspecified atom stereocenters. The molecule has 0 spiro atoms. The molecule has 6 heteroatoms. The molecule has 0 saturated carbocycles. The van der Waals surface area contributed by atoms with Gasteiger partial charge in [0.1, 0.15) is 0 Å². The number of nitrogens with zero attached hydrogens (tertiary/aromatic N) is 3. The summed E-state index contributed by atoms with van der Waals surface area (Å²) in [6, 6.07) is 2.19. The second kappa shape index (κ2) is 4.23. The van der Waals surface area contributed by atoms with E-state index in [0.29, 0.717) is 13.0 Å². The smallest absolute Gasteiger partial charge is 0.271 e. The third-order valence-corrected chi connectivity index (χ3v) is 2.29. The number of anilines is 1. The van der Waals surface area contributed by atoms with E-state index in [4.69, 9.17) is 16.7 Å². The van der Waals surface area contributed by atoms with Crippen molar-refractivity contribution in [2.75, 3.05) is 5.73 Å². The highest BCUT2D eigenvalue weighted by molar-refractivity contribution is 5.95. The van der Waals surface area contributed by atoms with Gasteiger partial charge in [-0.1, -0.05) is 0 Å². The van der Waals surface area contributed by atoms with Gasteiger partial charge in [0.2, 0.25) is 0 Å². The van der Waals surface area contributed by atoms with Crippen molar-refractivity contribution in [3.05, 3.63) is 11.9 Å². The molecular formula is C10H15N5O. The van der Waals surface area contributed by atoms with Gasteiger partial charge >= 0.3 is 0 Å². The second-order valence-electron chi connectivity index (χ2n) is 4.31. The standard InChI is InChI=1S/C10H15N5O/c1-10(2,6-11)3-4-15-5-7(12)8(14-15)9(13)16/h5H,3-4,12H2,1-2H3,(H2,13,16). The molecule has 6 nitrogen and oxygen atoms in total. The van der Waals surface area contributed by atoms with Gasteiger partial charge in [0.15, 0.2) is 5.69 Å². The molecule has 0 radical (unpaired) electrons. The molecule has 1 rings (SSSR count). The molecule has 0 aliphatic rings. The monoisotopic (exact) mass is 221 g/mol. The van der Waals surface area contributed by atoms with Gasteiger partial charge in [0.05, 0.1) is 17.2 Å². The fourth-order valence-corrected chi connectivity index (χ4v) is 1.19. The highest BCUT2D eigenvalue weighted by Gasteiger charge is 2.18. The third-order valence-electron chi connectivity index (χ3n) is 2.29. The van der Waals surface area contributed by atoms with Crippen LogP contribution in [0.25, 0.3) is 0 Å². The highest BCUT2D eigenvalue weighted by atomic mass is 16.1. The van der Waals surface area contributed by atoms with Crippen LogP contribution in [-0.2, 0) is 6.54 Å². The Bertz CT molecular complexity index is 441. The number of rotatable bonds is 4. The van der Waals surface area contributed by atoms with Gasteiger partial charge in [-0.25, -0.2) is 0 Å². The van der Waals surface area contributed by atoms with Crippen LogP contribution in [0.1, 0.15) is 30.8 Å². The fraction of sp³-hybridized carbons (Fsp3) is 0.500. The van der Waals surface area contributed by atoms with E-state index in [2.05, 4.69) is 11.2 Å². The predicted molar refractivity (Wildman–Crippen MR) is 59.2 cm³/mol. The van der Waals surface area contributed by atoms with Crippen molar-refractivity contribution in [2.45, 2.75) is 26.8 Å². The lowest BCUT2D eigenvalue weighted by Crippen LogP contribution is -2.15. The Morgan fingerprint density at radius 1 is 1.69 bits per heavy atom. The van der Waals surface area contributed by atoms with Crippen LogP contribution >= 0.6 is 0 Å². The third kappa shape index (κ3) is 2.73. The molecule has 0 fully saturated rings. The van der Waals surface area contributed by atoms with E-state index >= 15 is 0 Å². The molecule has 0 aliphatic carbocycles. The number of aryl methyl sites for hydroxylation is 1. The van der Waals surface area contributed by atoms with Gasteiger partial charge in [-0.15, -0.1) is 0 Å². The zero-order valence-corrected chi connectivity index (χ0v) is 9.40. The fourth-order valence-electron chi connectivity index (χ4n) is 1.19. The van der Waals surface area contributed by atoms with E-state index in [1.54, 1.807) is 6.20 Å². The molecule has 86 valence electrons. The van der Waals surface area contributed by atoms with Gasteiger partial charge in [-0.05, 0) is 20.3 Å². The van der Waals surface area contributed by atoms with E-state index in [1.165, 1.54) is 4.68 Å². The topological polar surface area (TPSA) is 111 Å². The number of carbonyl (C=O) groups excluding carboxylic acids is 1. The second-order valence-corrected chi connectivity index (χ2v) is 4.31. The zero-order chi connectivity index (χ0) is 12.3. The average Bonchev–Trinajstić information content (AvgIpc) is 2.57. The van der Waals surface area contributed by atoms with Gasteiger partial charge in [-0.3, -0.25) is 9.48 Å². The molecule has 1 aromatic rings. The number of nitrogen functional groups attached to an aromatic ring is 1. The quantitative estimate of drug-likeness (QED) is 0.771. The number of nitrogens with two attached hydrogens (primary N) is 2. The first-order valence-corrected chi connectivity index (χ1v) is 4.90. The van der Waals surface area contributed by atoms with Gasteiger partial charge in [0.25, 0.3) is 5.91 Å². The van der Waals surface area contributed by atoms with E-state index in [9.17, 15) is 4.79 Å². The van der Waals surface area contributed by atoms with Crippen LogP contribution in [0.4, 0.5) is 5.69 Å². The molecule has 0 saturated heterocycles. The predicted octanol–water partition coefficient (Wildman–Crippen LogP) is 0.504. The number of aromatic nitrogens is 2. The maximum Gasteiger partial charge on any atom is 0.271 e. The SMILES string of the molecule is CC(C)(C#N)CCn1cc(N)c(C(N)=O)n1. The van der Waals surface area contributed by atoms with Crippen molar-refractivity contribution < 1.29 is 4.79 Å². The Labute approximate surface area is 93.8 Å². The van der Waals surface area contributed by atoms with Crippen LogP contribution in [0.3, 0.4) is 0 Å². The maximum absolute atomic E-state index is 10.9. The summed E-state index contributed by atoms with van der Waals surface area (Å²) in [5, 5.41) is 12.8. The minimum atomic E-state index is -0.643. The number of primary amides is 1. The zero-order valence-electron chi connectivity index (χ0n) is 9.40. The lowest BCUT2D eigenvalue weighted by Gasteiger charge is -2.14. The van der Waals surface area contributed by atoms with Gasteiger partial charge < -0.3 is 11.5 Å². The van der Waals surface area contributed by atoms with E-state index in [0.717, 1.165) is 0 Å². The maximum atomic E-state index is 10.9. The molecule has 4 N–H and O–H groups in total. The van der Waals surface area contributed by atoms with Crippen molar-refractivity contribution in [3.8, 4) is 6.07 Å². The summed E-state index contributed by atoms with van der Waals surface area (Å²) in [4.78, 5) is 10.9. The molecule has 16 heavy (non-hydrogen) atoms. The minimum Gasteiger partial charge on any atom is -0.396 e. The van der Waals surface area contributed by atoms with E-state index in [-0.39, 0.29) is 11.4 Å². The summed E-state index contributed by atoms with van der Waals surface area (Å²) >= 11 is 0. The summed E-state index contributed by atoms with van der Waals surface area (Å²) in [6.07, 6.45) is 2.18. The first-order chi connectivity index (χ1) is 7.35. The van der Waals surface area contributed by atoms with Crippen molar-refractivity contribution in [1.29, 1.82) is 5.26 Å². The largest absolute Gasteiger partial charge is 0.396 e. The Kier molecular flexibility index (Phi) is 3.18. The summed E-state index contributed by atoms with van der Waals surface area (Å²) in [6.45, 7) is 4.21. The number of hydrogen-bond donors (Lipinski definition) is 2. The molecule has 0 aromatic carbocycles. The van der Waals surface area contributed by atoms with E-state index in [1.807, 2.05) is 13.8 Å². The molecule has 1 aromatic heterocycles. The van der Waals surface area contributed by atoms with Gasteiger partial charge in [0, 0.05) is 12.7 Å². The lowest BCUT2D eigenvalue weighted by atomic mass is 9.92. The van der Waals surface area contributed by atoms with Crippen molar-refractivity contribution in [2.24, 2.45) is 11.1 Å². The van der Waals surface area contributed by atoms with Crippen molar-refractivity contribution in [3.63, 3.8) is 0 Å². The Morgan fingerprint density at radius 3 is 2.75 bits per heavy atom. The van der Waals surface area contributed by atoms with Crippen LogP contribution in [0, 0.1) is 16.7 Å². The number of amides is 1. The molecule has 1 amide bonds. The molecule has 0 atom stereocenters. The number of carbonyl (C=O) groups is 1. The summed E-state index contributed by atoms with van der Waals surface area (Å²) in [5.74, 6) is -0.643. The molecule has 1 heterocycles. The first-order valence-electron chi connectivity index (χ1n) is 4.90. The first kappa shape index (κ1) is 12.0. The Morgan fingerprint density at radius 2 is 2.31 bits per heavy atom. The summed E-state index contributed by atoms with van der Waals surface area (Å²) in [7, 11) is 0.